The lowest BCUT2D eigenvalue weighted by molar-refractivity contribution is 0.177. The molecule has 0 amide bonds. The number of aromatic nitrogens is 2. The van der Waals surface area contributed by atoms with Crippen molar-refractivity contribution in [3.63, 3.8) is 0 Å². The van der Waals surface area contributed by atoms with E-state index in [4.69, 9.17) is 19.4 Å². The summed E-state index contributed by atoms with van der Waals surface area (Å²) in [6.07, 6.45) is 12.2. The molecule has 5 rings (SSSR count). The topological polar surface area (TPSA) is 62.8 Å². The summed E-state index contributed by atoms with van der Waals surface area (Å²) in [6, 6.07) is 5.21. The van der Waals surface area contributed by atoms with Crippen LogP contribution in [-0.2, 0) is 0 Å². The fourth-order valence-electron chi connectivity index (χ4n) is 6.31. The highest BCUT2D eigenvalue weighted by atomic mass is 16.5. The van der Waals surface area contributed by atoms with Crippen molar-refractivity contribution in [2.75, 3.05) is 51.8 Å². The molecule has 0 bridgehead atoms. The number of methoxy groups -OCH3 is 1. The summed E-state index contributed by atoms with van der Waals surface area (Å²) in [5.74, 6) is 3.97. The molecule has 7 heteroatoms. The van der Waals surface area contributed by atoms with Gasteiger partial charge < -0.3 is 24.6 Å². The highest BCUT2D eigenvalue weighted by Gasteiger charge is 2.25. The number of anilines is 1. The molecule has 2 aliphatic heterocycles. The van der Waals surface area contributed by atoms with Gasteiger partial charge in [0.2, 0.25) is 0 Å². The third-order valence-corrected chi connectivity index (χ3v) is 8.64. The Kier molecular flexibility index (Phi) is 10.5. The zero-order valence-electron chi connectivity index (χ0n) is 23.3. The van der Waals surface area contributed by atoms with Crippen LogP contribution in [0.3, 0.4) is 0 Å². The molecule has 212 valence electrons. The van der Waals surface area contributed by atoms with Gasteiger partial charge in [0.1, 0.15) is 11.6 Å². The molecule has 0 spiro atoms. The highest BCUT2D eigenvalue weighted by molar-refractivity contribution is 5.92. The molecule has 38 heavy (non-hydrogen) atoms. The van der Waals surface area contributed by atoms with E-state index >= 15 is 0 Å². The van der Waals surface area contributed by atoms with E-state index < -0.39 is 0 Å². The number of ether oxygens (including phenoxy) is 2. The number of likely N-dealkylation sites (tertiary alicyclic amines) is 2. The van der Waals surface area contributed by atoms with Crippen LogP contribution >= 0.6 is 0 Å². The molecule has 0 unspecified atom stereocenters. The number of hydrogen-bond donors (Lipinski definition) is 1. The monoisotopic (exact) mass is 525 g/mol. The van der Waals surface area contributed by atoms with Gasteiger partial charge in [-0.15, -0.1) is 0 Å². The summed E-state index contributed by atoms with van der Waals surface area (Å²) in [5.41, 5.74) is 0.966. The second kappa shape index (κ2) is 13.8. The average Bonchev–Trinajstić information content (AvgIpc) is 3.45. The molecule has 1 aliphatic carbocycles. The molecule has 2 saturated heterocycles. The van der Waals surface area contributed by atoms with E-state index in [0.29, 0.717) is 24.6 Å². The third kappa shape index (κ3) is 7.09. The second-order valence-corrected chi connectivity index (χ2v) is 11.6. The van der Waals surface area contributed by atoms with E-state index in [0.717, 1.165) is 72.9 Å². The molecular formula is C31H51N5O2. The van der Waals surface area contributed by atoms with E-state index in [-0.39, 0.29) is 7.43 Å². The average molecular weight is 526 g/mol. The van der Waals surface area contributed by atoms with Gasteiger partial charge in [0.15, 0.2) is 11.5 Å². The van der Waals surface area contributed by atoms with Crippen LogP contribution in [0.1, 0.15) is 97.2 Å². The predicted molar refractivity (Wildman–Crippen MR) is 158 cm³/mol. The van der Waals surface area contributed by atoms with E-state index in [9.17, 15) is 0 Å². The van der Waals surface area contributed by atoms with E-state index in [2.05, 4.69) is 41.1 Å². The minimum absolute atomic E-state index is 0. The number of nitrogens with one attached hydrogen (secondary N) is 1. The fraction of sp³-hybridized carbons (Fsp3) is 0.742. The van der Waals surface area contributed by atoms with Crippen LogP contribution in [0.4, 0.5) is 5.82 Å². The van der Waals surface area contributed by atoms with Crippen LogP contribution in [-0.4, -0.2) is 78.3 Å². The summed E-state index contributed by atoms with van der Waals surface area (Å²) in [7, 11) is 1.73. The van der Waals surface area contributed by atoms with Crippen LogP contribution in [0.15, 0.2) is 12.1 Å². The first-order valence-electron chi connectivity index (χ1n) is 14.9. The molecular weight excluding hydrogens is 474 g/mol. The lowest BCUT2D eigenvalue weighted by atomic mass is 9.88. The van der Waals surface area contributed by atoms with E-state index in [1.54, 1.807) is 7.11 Å². The smallest absolute Gasteiger partial charge is 0.163 e. The molecule has 1 N–H and O–H groups in total. The van der Waals surface area contributed by atoms with Gasteiger partial charge in [-0.25, -0.2) is 9.97 Å². The van der Waals surface area contributed by atoms with Gasteiger partial charge in [0, 0.05) is 49.1 Å². The summed E-state index contributed by atoms with van der Waals surface area (Å²) in [6.45, 7) is 11.1. The van der Waals surface area contributed by atoms with Crippen molar-refractivity contribution in [2.45, 2.75) is 103 Å². The number of benzene rings is 1. The highest BCUT2D eigenvalue weighted by Crippen LogP contribution is 2.38. The molecule has 7 nitrogen and oxygen atoms in total. The molecule has 0 radical (unpaired) electrons. The van der Waals surface area contributed by atoms with Crippen molar-refractivity contribution < 1.29 is 9.47 Å². The maximum Gasteiger partial charge on any atom is 0.163 e. The Balaban J connectivity index is 0.00000336. The SMILES string of the molecule is C.COc1cc2c(NC3CCN(C(C)C)CC3)nc(C3CCCCC3)nc2cc1OCCCN1CCCC1. The number of hydrogen-bond acceptors (Lipinski definition) is 7. The molecule has 3 fully saturated rings. The first kappa shape index (κ1) is 28.9. The van der Waals surface area contributed by atoms with Crippen LogP contribution in [0.25, 0.3) is 10.9 Å². The minimum atomic E-state index is 0. The third-order valence-electron chi connectivity index (χ3n) is 8.64. The maximum absolute atomic E-state index is 6.27. The zero-order valence-corrected chi connectivity index (χ0v) is 23.3. The second-order valence-electron chi connectivity index (χ2n) is 11.6. The quantitative estimate of drug-likeness (QED) is 0.357. The molecule has 3 heterocycles. The van der Waals surface area contributed by atoms with Crippen molar-refractivity contribution in [1.29, 1.82) is 0 Å². The number of rotatable bonds is 10. The largest absolute Gasteiger partial charge is 0.493 e. The Morgan fingerprint density at radius 1 is 0.921 bits per heavy atom. The van der Waals surface area contributed by atoms with Crippen LogP contribution in [0.5, 0.6) is 11.5 Å². The Morgan fingerprint density at radius 2 is 1.66 bits per heavy atom. The van der Waals surface area contributed by atoms with Gasteiger partial charge in [0.25, 0.3) is 0 Å². The summed E-state index contributed by atoms with van der Waals surface area (Å²) >= 11 is 0. The number of fused-ring (bicyclic) bond motifs is 1. The number of piperidine rings is 1. The molecule has 1 aromatic carbocycles. The standard InChI is InChI=1S/C30H47N5O2.CH4/c1-22(2)35-17-12-24(13-18-35)31-30-25-20-27(36-3)28(37-19-9-16-34-14-7-8-15-34)21-26(25)32-29(33-30)23-10-5-4-6-11-23;/h20-24H,4-19H2,1-3H3,(H,31,32,33);1H4. The molecule has 1 aromatic heterocycles. The van der Waals surface area contributed by atoms with Gasteiger partial charge in [0.05, 0.1) is 19.2 Å². The normalized spacial score (nSPS) is 20.1. The Bertz CT molecular complexity index is 1010. The van der Waals surface area contributed by atoms with Crippen molar-refractivity contribution in [3.8, 4) is 11.5 Å². The van der Waals surface area contributed by atoms with E-state index in [1.165, 1.54) is 58.0 Å². The van der Waals surface area contributed by atoms with Crippen molar-refractivity contribution in [1.82, 2.24) is 19.8 Å². The molecule has 3 aliphatic rings. The van der Waals surface area contributed by atoms with Gasteiger partial charge in [-0.3, -0.25) is 0 Å². The fourth-order valence-corrected chi connectivity index (χ4v) is 6.31. The first-order valence-corrected chi connectivity index (χ1v) is 14.9. The number of nitrogens with zero attached hydrogens (tertiary/aromatic N) is 4. The Morgan fingerprint density at radius 3 is 2.34 bits per heavy atom. The molecule has 0 atom stereocenters. The van der Waals surface area contributed by atoms with E-state index in [1.807, 2.05) is 0 Å². The summed E-state index contributed by atoms with van der Waals surface area (Å²) in [5, 5.41) is 4.87. The van der Waals surface area contributed by atoms with Gasteiger partial charge in [-0.2, -0.15) is 0 Å². The summed E-state index contributed by atoms with van der Waals surface area (Å²) in [4.78, 5) is 15.4. The van der Waals surface area contributed by atoms with Crippen LogP contribution in [0, 0.1) is 0 Å². The van der Waals surface area contributed by atoms with Gasteiger partial charge in [-0.1, -0.05) is 26.7 Å². The Hall–Kier alpha value is -2.12. The Labute approximate surface area is 230 Å². The van der Waals surface area contributed by atoms with Crippen molar-refractivity contribution in [2.24, 2.45) is 0 Å². The molecule has 1 saturated carbocycles. The van der Waals surface area contributed by atoms with Gasteiger partial charge >= 0.3 is 0 Å². The predicted octanol–water partition coefficient (Wildman–Crippen LogP) is 6.47. The maximum atomic E-state index is 6.27. The molecule has 2 aromatic rings. The van der Waals surface area contributed by atoms with Crippen molar-refractivity contribution in [3.05, 3.63) is 18.0 Å². The van der Waals surface area contributed by atoms with Gasteiger partial charge in [-0.05, 0) is 77.9 Å². The van der Waals surface area contributed by atoms with Crippen LogP contribution in [0.2, 0.25) is 0 Å². The summed E-state index contributed by atoms with van der Waals surface area (Å²) < 4.78 is 12.1. The zero-order chi connectivity index (χ0) is 25.6. The van der Waals surface area contributed by atoms with Crippen molar-refractivity contribution >= 4 is 16.7 Å². The lowest BCUT2D eigenvalue weighted by Gasteiger charge is -2.35. The lowest BCUT2D eigenvalue weighted by Crippen LogP contribution is -2.42. The van der Waals surface area contributed by atoms with Crippen LogP contribution < -0.4 is 14.8 Å². The minimum Gasteiger partial charge on any atom is -0.493 e. The first-order chi connectivity index (χ1) is 18.1.